The molecule has 0 aliphatic rings. The molecule has 2 heterocycles. The lowest BCUT2D eigenvalue weighted by Crippen LogP contribution is -2.26. The van der Waals surface area contributed by atoms with Crippen LogP contribution in [0.15, 0.2) is 40.0 Å². The summed E-state index contributed by atoms with van der Waals surface area (Å²) >= 11 is 0. The summed E-state index contributed by atoms with van der Waals surface area (Å²) in [6, 6.07) is 3.89. The van der Waals surface area contributed by atoms with Crippen LogP contribution in [0, 0.1) is 0 Å². The summed E-state index contributed by atoms with van der Waals surface area (Å²) in [5.41, 5.74) is -0.0908. The first kappa shape index (κ1) is 12.4. The molecule has 96 valence electrons. The summed E-state index contributed by atoms with van der Waals surface area (Å²) in [4.78, 5) is 16.1. The Labute approximate surface area is 105 Å². The van der Waals surface area contributed by atoms with Crippen molar-refractivity contribution in [2.45, 2.75) is 26.3 Å². The van der Waals surface area contributed by atoms with Gasteiger partial charge in [0.2, 0.25) is 0 Å². The summed E-state index contributed by atoms with van der Waals surface area (Å²) in [5.74, 6) is 1.28. The molecule has 2 aromatic rings. The van der Waals surface area contributed by atoms with E-state index in [1.54, 1.807) is 23.2 Å². The first-order valence-electron chi connectivity index (χ1n) is 6.02. The molecule has 0 saturated heterocycles. The topological polar surface area (TPSA) is 60.1 Å². The van der Waals surface area contributed by atoms with Crippen LogP contribution in [0.4, 0.5) is 5.82 Å². The van der Waals surface area contributed by atoms with Crippen LogP contribution in [-0.2, 0) is 6.42 Å². The number of aromatic nitrogens is 2. The predicted molar refractivity (Wildman–Crippen MR) is 69.8 cm³/mol. The normalized spacial score (nSPS) is 10.8. The Kier molecular flexibility index (Phi) is 3.82. The third-order valence-corrected chi connectivity index (χ3v) is 2.67. The number of nitrogens with one attached hydrogen (secondary N) is 1. The maximum atomic E-state index is 12.0. The second-order valence-electron chi connectivity index (χ2n) is 4.34. The zero-order valence-corrected chi connectivity index (χ0v) is 10.6. The van der Waals surface area contributed by atoms with Crippen molar-refractivity contribution in [3.8, 4) is 0 Å². The van der Waals surface area contributed by atoms with E-state index in [1.807, 2.05) is 26.0 Å². The standard InChI is InChI=1S/C13H17N3O2/c1-10(2)16-8-7-15-12(13(16)17)14-6-5-11-4-3-9-18-11/h3-4,7-10H,5-6H2,1-2H3,(H,14,15). The molecule has 0 bridgehead atoms. The summed E-state index contributed by atoms with van der Waals surface area (Å²) < 4.78 is 6.87. The fourth-order valence-electron chi connectivity index (χ4n) is 1.71. The molecule has 2 aromatic heterocycles. The van der Waals surface area contributed by atoms with E-state index in [4.69, 9.17) is 4.42 Å². The summed E-state index contributed by atoms with van der Waals surface area (Å²) in [6.45, 7) is 4.56. The van der Waals surface area contributed by atoms with Gasteiger partial charge in [-0.2, -0.15) is 0 Å². The van der Waals surface area contributed by atoms with E-state index in [0.717, 1.165) is 12.2 Å². The van der Waals surface area contributed by atoms with Crippen molar-refractivity contribution in [1.29, 1.82) is 0 Å². The Morgan fingerprint density at radius 3 is 3.00 bits per heavy atom. The molecule has 0 aromatic carbocycles. The van der Waals surface area contributed by atoms with Crippen LogP contribution in [0.25, 0.3) is 0 Å². The van der Waals surface area contributed by atoms with Gasteiger partial charge in [-0.15, -0.1) is 0 Å². The van der Waals surface area contributed by atoms with Gasteiger partial charge >= 0.3 is 0 Å². The molecule has 5 heteroatoms. The highest BCUT2D eigenvalue weighted by molar-refractivity contribution is 5.31. The molecular weight excluding hydrogens is 230 g/mol. The minimum atomic E-state index is -0.0908. The quantitative estimate of drug-likeness (QED) is 0.878. The van der Waals surface area contributed by atoms with Crippen molar-refractivity contribution in [2.24, 2.45) is 0 Å². The zero-order chi connectivity index (χ0) is 13.0. The van der Waals surface area contributed by atoms with Crippen molar-refractivity contribution in [3.63, 3.8) is 0 Å². The molecule has 0 atom stereocenters. The lowest BCUT2D eigenvalue weighted by molar-refractivity contribution is 0.512. The molecule has 18 heavy (non-hydrogen) atoms. The first-order chi connectivity index (χ1) is 8.68. The van der Waals surface area contributed by atoms with E-state index in [0.29, 0.717) is 12.4 Å². The molecule has 1 N–H and O–H groups in total. The predicted octanol–water partition coefficient (Wildman–Crippen LogP) is 2.07. The molecule has 0 spiro atoms. The van der Waals surface area contributed by atoms with Crippen LogP contribution < -0.4 is 10.9 Å². The second-order valence-corrected chi connectivity index (χ2v) is 4.34. The minimum absolute atomic E-state index is 0.0908. The van der Waals surface area contributed by atoms with Gasteiger partial charge < -0.3 is 14.3 Å². The van der Waals surface area contributed by atoms with Gasteiger partial charge in [0.15, 0.2) is 5.82 Å². The van der Waals surface area contributed by atoms with Crippen LogP contribution in [0.1, 0.15) is 25.6 Å². The number of anilines is 1. The van der Waals surface area contributed by atoms with E-state index in [1.165, 1.54) is 0 Å². The molecule has 0 fully saturated rings. The van der Waals surface area contributed by atoms with Gasteiger partial charge in [0.1, 0.15) is 5.76 Å². The van der Waals surface area contributed by atoms with E-state index in [2.05, 4.69) is 10.3 Å². The number of hydrogen-bond acceptors (Lipinski definition) is 4. The highest BCUT2D eigenvalue weighted by atomic mass is 16.3. The molecule has 0 unspecified atom stereocenters. The first-order valence-corrected chi connectivity index (χ1v) is 6.02. The summed E-state index contributed by atoms with van der Waals surface area (Å²) in [6.07, 6.45) is 5.70. The minimum Gasteiger partial charge on any atom is -0.469 e. The SMILES string of the molecule is CC(C)n1ccnc(NCCc2ccco2)c1=O. The largest absolute Gasteiger partial charge is 0.469 e. The Bertz CT molecular complexity index is 544. The van der Waals surface area contributed by atoms with Gasteiger partial charge in [0, 0.05) is 31.4 Å². The average molecular weight is 247 g/mol. The monoisotopic (exact) mass is 247 g/mol. The van der Waals surface area contributed by atoms with Gasteiger partial charge in [-0.1, -0.05) is 0 Å². The zero-order valence-electron chi connectivity index (χ0n) is 10.6. The van der Waals surface area contributed by atoms with Crippen LogP contribution in [0.5, 0.6) is 0 Å². The second kappa shape index (κ2) is 5.53. The summed E-state index contributed by atoms with van der Waals surface area (Å²) in [5, 5.41) is 3.04. The molecule has 2 rings (SSSR count). The number of rotatable bonds is 5. The van der Waals surface area contributed by atoms with Crippen molar-refractivity contribution < 1.29 is 4.42 Å². The molecule has 5 nitrogen and oxygen atoms in total. The van der Waals surface area contributed by atoms with Crippen molar-refractivity contribution >= 4 is 5.82 Å². The van der Waals surface area contributed by atoms with Gasteiger partial charge in [0.25, 0.3) is 5.56 Å². The fourth-order valence-corrected chi connectivity index (χ4v) is 1.71. The van der Waals surface area contributed by atoms with Crippen molar-refractivity contribution in [2.75, 3.05) is 11.9 Å². The van der Waals surface area contributed by atoms with Gasteiger partial charge in [0.05, 0.1) is 6.26 Å². The Morgan fingerprint density at radius 2 is 2.33 bits per heavy atom. The fraction of sp³-hybridized carbons (Fsp3) is 0.385. The molecular formula is C13H17N3O2. The lowest BCUT2D eigenvalue weighted by Gasteiger charge is -2.11. The van der Waals surface area contributed by atoms with E-state index >= 15 is 0 Å². The van der Waals surface area contributed by atoms with E-state index in [-0.39, 0.29) is 11.6 Å². The van der Waals surface area contributed by atoms with Gasteiger partial charge in [-0.05, 0) is 26.0 Å². The highest BCUT2D eigenvalue weighted by Crippen LogP contribution is 2.03. The van der Waals surface area contributed by atoms with E-state index in [9.17, 15) is 4.79 Å². The summed E-state index contributed by atoms with van der Waals surface area (Å²) in [7, 11) is 0. The Balaban J connectivity index is 2.01. The molecule has 0 saturated carbocycles. The average Bonchev–Trinajstić information content (AvgIpc) is 2.84. The molecule has 0 aliphatic carbocycles. The number of hydrogen-bond donors (Lipinski definition) is 1. The molecule has 0 aliphatic heterocycles. The highest BCUT2D eigenvalue weighted by Gasteiger charge is 2.06. The molecule has 0 radical (unpaired) electrons. The van der Waals surface area contributed by atoms with Crippen LogP contribution in [-0.4, -0.2) is 16.1 Å². The third kappa shape index (κ3) is 2.80. The number of furan rings is 1. The lowest BCUT2D eigenvalue weighted by atomic mass is 10.3. The third-order valence-electron chi connectivity index (χ3n) is 2.67. The molecule has 0 amide bonds. The number of nitrogens with zero attached hydrogens (tertiary/aromatic N) is 2. The Morgan fingerprint density at radius 1 is 1.50 bits per heavy atom. The van der Waals surface area contributed by atoms with Crippen LogP contribution in [0.3, 0.4) is 0 Å². The van der Waals surface area contributed by atoms with Crippen molar-refractivity contribution in [3.05, 3.63) is 46.9 Å². The Hall–Kier alpha value is -2.04. The van der Waals surface area contributed by atoms with Gasteiger partial charge in [-0.25, -0.2) is 4.98 Å². The van der Waals surface area contributed by atoms with Crippen LogP contribution >= 0.6 is 0 Å². The van der Waals surface area contributed by atoms with Crippen molar-refractivity contribution in [1.82, 2.24) is 9.55 Å². The maximum absolute atomic E-state index is 12.0. The van der Waals surface area contributed by atoms with Gasteiger partial charge in [-0.3, -0.25) is 4.79 Å². The maximum Gasteiger partial charge on any atom is 0.293 e. The smallest absolute Gasteiger partial charge is 0.293 e. The van der Waals surface area contributed by atoms with Crippen LogP contribution in [0.2, 0.25) is 0 Å². The van der Waals surface area contributed by atoms with E-state index < -0.39 is 0 Å².